The number of carbonyl (C=O) groups is 1. The number of hydrogen-bond donors (Lipinski definition) is 2. The second-order valence-electron chi connectivity index (χ2n) is 5.47. The molecule has 24 heavy (non-hydrogen) atoms. The van der Waals surface area contributed by atoms with Crippen molar-refractivity contribution in [2.24, 2.45) is 5.92 Å². The van der Waals surface area contributed by atoms with E-state index in [1.807, 2.05) is 24.3 Å². The minimum atomic E-state index is -1.03. The van der Waals surface area contributed by atoms with Crippen LogP contribution in [0.15, 0.2) is 57.9 Å². The molecule has 0 saturated carbocycles. The Balaban J connectivity index is 1.95. The fourth-order valence-corrected chi connectivity index (χ4v) is 3.02. The summed E-state index contributed by atoms with van der Waals surface area (Å²) in [6.07, 6.45) is 1.46. The molecule has 1 aliphatic heterocycles. The van der Waals surface area contributed by atoms with Crippen molar-refractivity contribution in [2.45, 2.75) is 5.92 Å². The molecule has 4 rings (SSSR count). The van der Waals surface area contributed by atoms with Crippen molar-refractivity contribution < 1.29 is 9.21 Å². The highest BCUT2D eigenvalue weighted by Crippen LogP contribution is 2.38. The molecule has 0 unspecified atom stereocenters. The normalized spacial score (nSPS) is 19.4. The van der Waals surface area contributed by atoms with Gasteiger partial charge in [0.15, 0.2) is 0 Å². The molecule has 0 aliphatic carbocycles. The van der Waals surface area contributed by atoms with Gasteiger partial charge in [0.25, 0.3) is 5.56 Å². The second-order valence-corrected chi connectivity index (χ2v) is 5.47. The molecule has 118 valence electrons. The maximum Gasteiger partial charge on any atom is 0.277 e. The fourth-order valence-electron chi connectivity index (χ4n) is 3.02. The van der Waals surface area contributed by atoms with E-state index in [-0.39, 0.29) is 5.56 Å². The summed E-state index contributed by atoms with van der Waals surface area (Å²) in [5.41, 5.74) is 0.635. The summed E-state index contributed by atoms with van der Waals surface area (Å²) in [6, 6.07) is 14.3. The quantitative estimate of drug-likeness (QED) is 0.753. The van der Waals surface area contributed by atoms with Gasteiger partial charge in [-0.25, -0.2) is 4.68 Å². The minimum Gasteiger partial charge on any atom is -0.469 e. The first-order chi connectivity index (χ1) is 11.7. The lowest BCUT2D eigenvalue weighted by molar-refractivity contribution is -0.119. The highest BCUT2D eigenvalue weighted by molar-refractivity contribution is 5.97. The van der Waals surface area contributed by atoms with Gasteiger partial charge in [-0.05, 0) is 24.3 Å². The van der Waals surface area contributed by atoms with E-state index in [0.29, 0.717) is 22.8 Å². The molecular formula is C17H12N4O3. The van der Waals surface area contributed by atoms with Crippen LogP contribution in [0.3, 0.4) is 0 Å². The summed E-state index contributed by atoms with van der Waals surface area (Å²) in [5, 5.41) is 14.9. The van der Waals surface area contributed by atoms with E-state index < -0.39 is 17.7 Å². The average Bonchev–Trinajstić information content (AvgIpc) is 3.23. The van der Waals surface area contributed by atoms with Crippen LogP contribution < -0.4 is 10.9 Å². The van der Waals surface area contributed by atoms with E-state index in [1.165, 1.54) is 10.9 Å². The van der Waals surface area contributed by atoms with Crippen LogP contribution in [-0.4, -0.2) is 15.7 Å². The van der Waals surface area contributed by atoms with E-state index in [1.54, 1.807) is 24.3 Å². The van der Waals surface area contributed by atoms with Crippen LogP contribution in [0.1, 0.15) is 17.2 Å². The second kappa shape index (κ2) is 5.28. The monoisotopic (exact) mass is 320 g/mol. The first-order valence-electron chi connectivity index (χ1n) is 7.35. The van der Waals surface area contributed by atoms with E-state index in [0.717, 1.165) is 0 Å². The molecule has 0 fully saturated rings. The molecule has 0 saturated heterocycles. The molecule has 7 heteroatoms. The third kappa shape index (κ3) is 1.97. The number of carbonyl (C=O) groups excluding carboxylic acids is 1. The Morgan fingerprint density at radius 1 is 1.12 bits per heavy atom. The number of para-hydroxylation sites is 1. The number of hydrogen-bond acceptors (Lipinski definition) is 4. The zero-order valence-corrected chi connectivity index (χ0v) is 12.4. The summed E-state index contributed by atoms with van der Waals surface area (Å²) in [4.78, 5) is 25.2. The molecular weight excluding hydrogens is 308 g/mol. The minimum absolute atomic E-state index is 0.293. The number of amides is 1. The van der Waals surface area contributed by atoms with Gasteiger partial charge < -0.3 is 9.73 Å². The van der Waals surface area contributed by atoms with Gasteiger partial charge in [0, 0.05) is 0 Å². The van der Waals surface area contributed by atoms with E-state index in [9.17, 15) is 14.9 Å². The summed E-state index contributed by atoms with van der Waals surface area (Å²) >= 11 is 0. The zero-order chi connectivity index (χ0) is 16.7. The van der Waals surface area contributed by atoms with Crippen molar-refractivity contribution in [3.05, 3.63) is 70.4 Å². The molecule has 0 bridgehead atoms. The fraction of sp³-hybridized carbons (Fsp3) is 0.118. The zero-order valence-electron chi connectivity index (χ0n) is 12.4. The lowest BCUT2D eigenvalue weighted by Crippen LogP contribution is -2.35. The van der Waals surface area contributed by atoms with Crippen LogP contribution in [0.25, 0.3) is 5.69 Å². The third-order valence-electron chi connectivity index (χ3n) is 4.10. The van der Waals surface area contributed by atoms with Crippen LogP contribution in [-0.2, 0) is 4.79 Å². The highest BCUT2D eigenvalue weighted by Gasteiger charge is 2.42. The van der Waals surface area contributed by atoms with Gasteiger partial charge >= 0.3 is 0 Å². The van der Waals surface area contributed by atoms with E-state index in [4.69, 9.17) is 4.42 Å². The van der Waals surface area contributed by atoms with Crippen molar-refractivity contribution in [3.8, 4) is 11.8 Å². The van der Waals surface area contributed by atoms with E-state index in [2.05, 4.69) is 10.4 Å². The van der Waals surface area contributed by atoms with Gasteiger partial charge in [0.1, 0.15) is 17.5 Å². The lowest BCUT2D eigenvalue weighted by Gasteiger charge is -2.23. The number of fused-ring (bicyclic) bond motifs is 1. The predicted molar refractivity (Wildman–Crippen MR) is 84.7 cm³/mol. The maximum atomic E-state index is 12.9. The summed E-state index contributed by atoms with van der Waals surface area (Å²) < 4.78 is 6.73. The van der Waals surface area contributed by atoms with Crippen molar-refractivity contribution in [1.82, 2.24) is 9.78 Å². The van der Waals surface area contributed by atoms with Crippen molar-refractivity contribution in [1.29, 1.82) is 5.26 Å². The number of anilines is 1. The molecule has 0 spiro atoms. The third-order valence-corrected chi connectivity index (χ3v) is 4.10. The van der Waals surface area contributed by atoms with Gasteiger partial charge in [-0.1, -0.05) is 18.2 Å². The number of nitrogens with one attached hydrogen (secondary N) is 2. The van der Waals surface area contributed by atoms with Crippen molar-refractivity contribution in [2.75, 3.05) is 5.32 Å². The van der Waals surface area contributed by atoms with Crippen LogP contribution in [0, 0.1) is 17.2 Å². The van der Waals surface area contributed by atoms with Gasteiger partial charge in [-0.3, -0.25) is 14.7 Å². The smallest absolute Gasteiger partial charge is 0.277 e. The lowest BCUT2D eigenvalue weighted by atomic mass is 9.83. The molecule has 1 aliphatic rings. The molecule has 0 radical (unpaired) electrons. The number of rotatable bonds is 2. The SMILES string of the molecule is N#C[C@H]1C(=O)Nc2[nH]n(-c3ccccc3)c(=O)c2[C@H]1c1ccco1. The standard InChI is InChI=1S/C17H12N4O3/c18-9-11-13(12-7-4-8-24-12)14-15(19-16(11)22)20-21(17(14)23)10-5-2-1-3-6-10/h1-8,11,13,20H,(H,19,22)/t11-,13-/m1/s1. The summed E-state index contributed by atoms with van der Waals surface area (Å²) in [6.45, 7) is 0. The highest BCUT2D eigenvalue weighted by atomic mass is 16.3. The molecule has 2 atom stereocenters. The Morgan fingerprint density at radius 3 is 2.58 bits per heavy atom. The molecule has 7 nitrogen and oxygen atoms in total. The average molecular weight is 320 g/mol. The molecule has 3 heterocycles. The van der Waals surface area contributed by atoms with Crippen LogP contribution in [0.5, 0.6) is 0 Å². The van der Waals surface area contributed by atoms with Crippen molar-refractivity contribution in [3.63, 3.8) is 0 Å². The Bertz CT molecular complexity index is 993. The maximum absolute atomic E-state index is 12.9. The number of H-pyrrole nitrogens is 1. The molecule has 1 amide bonds. The number of aromatic amines is 1. The van der Waals surface area contributed by atoms with E-state index >= 15 is 0 Å². The number of nitrogens with zero attached hydrogens (tertiary/aromatic N) is 2. The number of nitriles is 1. The first-order valence-corrected chi connectivity index (χ1v) is 7.35. The van der Waals surface area contributed by atoms with Crippen LogP contribution >= 0.6 is 0 Å². The Hall–Kier alpha value is -3.53. The van der Waals surface area contributed by atoms with Gasteiger partial charge in [0.2, 0.25) is 5.91 Å². The summed E-state index contributed by atoms with van der Waals surface area (Å²) in [5.74, 6) is -1.54. The van der Waals surface area contributed by atoms with Crippen molar-refractivity contribution >= 4 is 11.7 Å². The molecule has 3 aromatic rings. The molecule has 2 N–H and O–H groups in total. The molecule has 1 aromatic carbocycles. The topological polar surface area (TPSA) is 104 Å². The van der Waals surface area contributed by atoms with Crippen LogP contribution in [0.4, 0.5) is 5.82 Å². The molecule has 2 aromatic heterocycles. The first kappa shape index (κ1) is 14.1. The van der Waals surface area contributed by atoms with Gasteiger partial charge in [-0.2, -0.15) is 5.26 Å². The summed E-state index contributed by atoms with van der Waals surface area (Å²) in [7, 11) is 0. The Morgan fingerprint density at radius 2 is 1.92 bits per heavy atom. The Labute approximate surface area is 136 Å². The largest absolute Gasteiger partial charge is 0.469 e. The number of furan rings is 1. The Kier molecular flexibility index (Phi) is 3.10. The van der Waals surface area contributed by atoms with Gasteiger partial charge in [-0.15, -0.1) is 0 Å². The number of aromatic nitrogens is 2. The van der Waals surface area contributed by atoms with Gasteiger partial charge in [0.05, 0.1) is 29.5 Å². The number of benzene rings is 1. The van der Waals surface area contributed by atoms with Crippen LogP contribution in [0.2, 0.25) is 0 Å². The predicted octanol–water partition coefficient (Wildman–Crippen LogP) is 1.98.